The molecule has 3 fully saturated rings. The number of morpholine rings is 1. The monoisotopic (exact) mass is 554 g/mol. The fourth-order valence-corrected chi connectivity index (χ4v) is 6.24. The summed E-state index contributed by atoms with van der Waals surface area (Å²) in [5.41, 5.74) is 7.33. The normalized spacial score (nSPS) is 21.0. The van der Waals surface area contributed by atoms with E-state index >= 15 is 0 Å². The van der Waals surface area contributed by atoms with Crippen LogP contribution in [0.4, 0.5) is 11.8 Å². The van der Waals surface area contributed by atoms with Crippen molar-refractivity contribution in [2.45, 2.75) is 32.1 Å². The van der Waals surface area contributed by atoms with E-state index in [0.29, 0.717) is 38.7 Å². The number of nitrogen functional groups attached to an aromatic ring is 1. The van der Waals surface area contributed by atoms with Gasteiger partial charge in [-0.2, -0.15) is 0 Å². The molecule has 13 heteroatoms. The Morgan fingerprint density at radius 3 is 2.59 bits per heavy atom. The van der Waals surface area contributed by atoms with Gasteiger partial charge in [0.2, 0.25) is 11.9 Å². The van der Waals surface area contributed by atoms with E-state index in [9.17, 15) is 4.79 Å². The molecule has 2 N–H and O–H groups in total. The highest BCUT2D eigenvalue weighted by Crippen LogP contribution is 2.35. The number of fused-ring (bicyclic) bond motifs is 1. The lowest BCUT2D eigenvalue weighted by molar-refractivity contribution is -0.175. The molecule has 3 aromatic rings. The molecule has 0 aliphatic carbocycles. The van der Waals surface area contributed by atoms with Gasteiger partial charge in [-0.1, -0.05) is 0 Å². The van der Waals surface area contributed by atoms with E-state index in [1.165, 1.54) is 4.88 Å². The van der Waals surface area contributed by atoms with Gasteiger partial charge in [0.05, 0.1) is 29.0 Å². The van der Waals surface area contributed by atoms with Crippen LogP contribution in [0.5, 0.6) is 0 Å². The number of carbonyl (C=O) groups excluding carboxylic acids is 1. The molecule has 3 saturated heterocycles. The van der Waals surface area contributed by atoms with Crippen LogP contribution in [0.15, 0.2) is 18.5 Å². The van der Waals surface area contributed by atoms with Crippen molar-refractivity contribution in [1.82, 2.24) is 29.7 Å². The van der Waals surface area contributed by atoms with Gasteiger partial charge in [0.1, 0.15) is 6.61 Å². The van der Waals surface area contributed by atoms with Crippen LogP contribution in [0, 0.1) is 0 Å². The van der Waals surface area contributed by atoms with Crippen LogP contribution in [-0.2, 0) is 25.5 Å². The van der Waals surface area contributed by atoms with Crippen LogP contribution in [0.3, 0.4) is 0 Å². The molecular formula is C26H34N8O4S. The number of ether oxygens (including phenoxy) is 3. The Kier molecular flexibility index (Phi) is 8.11. The maximum Gasteiger partial charge on any atom is 0.248 e. The van der Waals surface area contributed by atoms with Gasteiger partial charge in [-0.3, -0.25) is 9.69 Å². The second-order valence-corrected chi connectivity index (χ2v) is 11.1. The van der Waals surface area contributed by atoms with Crippen LogP contribution in [0.1, 0.15) is 24.1 Å². The third-order valence-electron chi connectivity index (χ3n) is 7.28. The lowest BCUT2D eigenvalue weighted by Crippen LogP contribution is -2.49. The first-order chi connectivity index (χ1) is 19.1. The maximum absolute atomic E-state index is 12.7. The number of rotatable bonds is 7. The van der Waals surface area contributed by atoms with Gasteiger partial charge in [0.25, 0.3) is 0 Å². The summed E-state index contributed by atoms with van der Waals surface area (Å²) in [5, 5.41) is 0. The molecular weight excluding hydrogens is 520 g/mol. The first-order valence-corrected chi connectivity index (χ1v) is 14.4. The third-order valence-corrected chi connectivity index (χ3v) is 8.39. The van der Waals surface area contributed by atoms with Gasteiger partial charge in [-0.25, -0.2) is 19.9 Å². The highest BCUT2D eigenvalue weighted by atomic mass is 32.1. The van der Waals surface area contributed by atoms with Gasteiger partial charge in [0.15, 0.2) is 17.9 Å². The summed E-state index contributed by atoms with van der Waals surface area (Å²) in [6, 6.07) is 2.16. The number of amides is 1. The third kappa shape index (κ3) is 6.28. The zero-order chi connectivity index (χ0) is 26.6. The summed E-state index contributed by atoms with van der Waals surface area (Å²) < 4.78 is 17.9. The molecule has 1 atom stereocenters. The van der Waals surface area contributed by atoms with Gasteiger partial charge >= 0.3 is 0 Å². The number of nitrogens with two attached hydrogens (primary N) is 1. The fraction of sp³-hybridized carbons (Fsp3) is 0.577. The van der Waals surface area contributed by atoms with E-state index in [1.807, 2.05) is 4.90 Å². The summed E-state index contributed by atoms with van der Waals surface area (Å²) in [5.74, 6) is 1.76. The lowest BCUT2D eigenvalue weighted by atomic mass is 10.2. The van der Waals surface area contributed by atoms with Crippen molar-refractivity contribution in [1.29, 1.82) is 0 Å². The zero-order valence-electron chi connectivity index (χ0n) is 22.0. The van der Waals surface area contributed by atoms with Crippen LogP contribution < -0.4 is 10.6 Å². The van der Waals surface area contributed by atoms with Crippen LogP contribution in [0.2, 0.25) is 0 Å². The van der Waals surface area contributed by atoms with Crippen molar-refractivity contribution in [2.24, 2.45) is 0 Å². The molecule has 3 aliphatic heterocycles. The highest BCUT2D eigenvalue weighted by Gasteiger charge is 2.25. The predicted molar refractivity (Wildman–Crippen MR) is 147 cm³/mol. The summed E-state index contributed by atoms with van der Waals surface area (Å²) >= 11 is 1.73. The van der Waals surface area contributed by atoms with E-state index < -0.39 is 0 Å². The average molecular weight is 555 g/mol. The van der Waals surface area contributed by atoms with E-state index in [2.05, 4.69) is 25.8 Å². The Bertz CT molecular complexity index is 1270. The van der Waals surface area contributed by atoms with E-state index in [1.54, 1.807) is 23.7 Å². The van der Waals surface area contributed by atoms with Gasteiger partial charge in [-0.05, 0) is 25.3 Å². The molecule has 6 heterocycles. The average Bonchev–Trinajstić information content (AvgIpc) is 3.39. The number of aromatic nitrogens is 4. The Morgan fingerprint density at radius 1 is 1.05 bits per heavy atom. The number of hydrogen-bond donors (Lipinski definition) is 1. The number of nitrogens with zero attached hydrogens (tertiary/aromatic N) is 7. The minimum Gasteiger partial charge on any atom is -0.378 e. The second kappa shape index (κ2) is 12.0. The molecule has 1 unspecified atom stereocenters. The topological polar surface area (TPSA) is 132 Å². The Balaban J connectivity index is 1.13. The molecule has 12 nitrogen and oxygen atoms in total. The van der Waals surface area contributed by atoms with Gasteiger partial charge in [0, 0.05) is 69.7 Å². The van der Waals surface area contributed by atoms with Crippen molar-refractivity contribution in [3.05, 3.63) is 23.3 Å². The van der Waals surface area contributed by atoms with Crippen molar-refractivity contribution in [3.63, 3.8) is 0 Å². The molecule has 3 aromatic heterocycles. The molecule has 1 amide bonds. The summed E-state index contributed by atoms with van der Waals surface area (Å²) in [7, 11) is 0. The van der Waals surface area contributed by atoms with Crippen molar-refractivity contribution in [3.8, 4) is 11.4 Å². The number of piperazine rings is 1. The summed E-state index contributed by atoms with van der Waals surface area (Å²) in [6.45, 7) is 7.53. The fourth-order valence-electron chi connectivity index (χ4n) is 5.09. The Hall–Kier alpha value is -2.97. The van der Waals surface area contributed by atoms with Gasteiger partial charge < -0.3 is 29.7 Å². The van der Waals surface area contributed by atoms with Crippen LogP contribution in [-0.4, -0.2) is 108 Å². The number of carbonyl (C=O) groups is 1. The summed E-state index contributed by atoms with van der Waals surface area (Å²) in [4.78, 5) is 38.5. The molecule has 208 valence electrons. The SMILES string of the molecule is Nc1ncc(-c2nc(N3CCOCC3)c3sc(CN4CCN(C(=O)COC5CCCCO5)CC4)cc3n2)cn1. The molecule has 3 aliphatic rings. The van der Waals surface area contributed by atoms with Crippen LogP contribution >= 0.6 is 11.3 Å². The molecule has 0 aromatic carbocycles. The maximum atomic E-state index is 12.7. The quantitative estimate of drug-likeness (QED) is 0.458. The summed E-state index contributed by atoms with van der Waals surface area (Å²) in [6.07, 6.45) is 6.10. The first kappa shape index (κ1) is 26.3. The second-order valence-electron chi connectivity index (χ2n) is 9.99. The Morgan fingerprint density at radius 2 is 1.85 bits per heavy atom. The molecule has 39 heavy (non-hydrogen) atoms. The van der Waals surface area contributed by atoms with E-state index in [4.69, 9.17) is 29.9 Å². The first-order valence-electron chi connectivity index (χ1n) is 13.6. The van der Waals surface area contributed by atoms with Crippen LogP contribution in [0.25, 0.3) is 21.6 Å². The van der Waals surface area contributed by atoms with Gasteiger partial charge in [-0.15, -0.1) is 11.3 Å². The number of hydrogen-bond acceptors (Lipinski definition) is 12. The molecule has 6 rings (SSSR count). The van der Waals surface area contributed by atoms with Crippen molar-refractivity contribution in [2.75, 3.05) is 76.3 Å². The minimum atomic E-state index is -0.240. The Labute approximate surface area is 231 Å². The highest BCUT2D eigenvalue weighted by molar-refractivity contribution is 7.19. The van der Waals surface area contributed by atoms with Crippen molar-refractivity contribution < 1.29 is 19.0 Å². The zero-order valence-corrected chi connectivity index (χ0v) is 22.8. The standard InChI is InChI=1S/C26H34N8O4S/c27-26-28-14-18(15-29-26)24-30-20-13-19(39-23(20)25(31-24)34-8-11-36-12-9-34)16-32-4-6-33(7-5-32)21(35)17-38-22-3-1-2-10-37-22/h13-15,22H,1-12,16-17H2,(H2,27,28,29). The number of anilines is 2. The predicted octanol–water partition coefficient (Wildman–Crippen LogP) is 1.75. The molecule has 0 bridgehead atoms. The smallest absolute Gasteiger partial charge is 0.248 e. The largest absolute Gasteiger partial charge is 0.378 e. The molecule has 0 spiro atoms. The number of thiophene rings is 1. The van der Waals surface area contributed by atoms with Crippen molar-refractivity contribution >= 4 is 39.2 Å². The van der Waals surface area contributed by atoms with E-state index in [0.717, 1.165) is 73.6 Å². The molecule has 0 saturated carbocycles. The van der Waals surface area contributed by atoms with E-state index in [-0.39, 0.29) is 24.8 Å². The minimum absolute atomic E-state index is 0.0373. The lowest BCUT2D eigenvalue weighted by Gasteiger charge is -2.34. The molecule has 0 radical (unpaired) electrons.